The molecule has 2 aromatic carbocycles. The maximum atomic E-state index is 11.4. The van der Waals surface area contributed by atoms with Crippen molar-refractivity contribution < 1.29 is 23.9 Å². The van der Waals surface area contributed by atoms with E-state index in [-0.39, 0.29) is 5.69 Å². The van der Waals surface area contributed by atoms with Crippen LogP contribution in [0, 0.1) is 10.1 Å². The molecular weight excluding hydrogens is 382 g/mol. The van der Waals surface area contributed by atoms with Crippen LogP contribution in [0.2, 0.25) is 0 Å². The van der Waals surface area contributed by atoms with E-state index >= 15 is 0 Å². The highest BCUT2D eigenvalue weighted by Crippen LogP contribution is 2.37. The van der Waals surface area contributed by atoms with Gasteiger partial charge < -0.3 is 18.9 Å². The Bertz CT molecular complexity index is 760. The van der Waals surface area contributed by atoms with Crippen LogP contribution in [0.3, 0.4) is 0 Å². The van der Waals surface area contributed by atoms with Gasteiger partial charge in [0.15, 0.2) is 6.29 Å². The van der Waals surface area contributed by atoms with Crippen molar-refractivity contribution >= 4 is 21.6 Å². The highest BCUT2D eigenvalue weighted by molar-refractivity contribution is 9.10. The molecule has 7 nitrogen and oxygen atoms in total. The summed E-state index contributed by atoms with van der Waals surface area (Å²) in [6, 6.07) is 9.81. The quantitative estimate of drug-likeness (QED) is 0.557. The highest BCUT2D eigenvalue weighted by Gasteiger charge is 2.27. The van der Waals surface area contributed by atoms with Crippen molar-refractivity contribution in [3.8, 4) is 17.2 Å². The first-order valence-corrected chi connectivity index (χ1v) is 7.90. The number of nitro groups is 1. The molecule has 0 unspecified atom stereocenters. The van der Waals surface area contributed by atoms with Gasteiger partial charge in [-0.05, 0) is 40.2 Å². The SMILES string of the molecule is COc1ccc(Br)c(Oc2ccc(C3OCCO3)c([N+](=O)[O-])c2)c1. The molecule has 1 aliphatic heterocycles. The summed E-state index contributed by atoms with van der Waals surface area (Å²) in [5.41, 5.74) is 0.257. The molecule has 3 rings (SSSR count). The Morgan fingerprint density at radius 2 is 1.88 bits per heavy atom. The van der Waals surface area contributed by atoms with Gasteiger partial charge >= 0.3 is 0 Å². The summed E-state index contributed by atoms with van der Waals surface area (Å²) in [5, 5.41) is 11.4. The van der Waals surface area contributed by atoms with E-state index in [1.165, 1.54) is 6.07 Å². The number of benzene rings is 2. The van der Waals surface area contributed by atoms with Crippen molar-refractivity contribution in [2.45, 2.75) is 6.29 Å². The number of hydrogen-bond acceptors (Lipinski definition) is 6. The number of nitro benzene ring substituents is 1. The lowest BCUT2D eigenvalue weighted by Gasteiger charge is -2.13. The molecule has 1 fully saturated rings. The van der Waals surface area contributed by atoms with Crippen molar-refractivity contribution in [2.75, 3.05) is 20.3 Å². The van der Waals surface area contributed by atoms with Crippen LogP contribution in [0.5, 0.6) is 17.2 Å². The second-order valence-corrected chi connectivity index (χ2v) is 5.80. The summed E-state index contributed by atoms with van der Waals surface area (Å²) in [6.07, 6.45) is -0.719. The van der Waals surface area contributed by atoms with Crippen LogP contribution in [0.15, 0.2) is 40.9 Å². The molecule has 0 atom stereocenters. The molecule has 1 aliphatic rings. The molecule has 0 aliphatic carbocycles. The average molecular weight is 396 g/mol. The fourth-order valence-corrected chi connectivity index (χ4v) is 2.63. The molecule has 0 bridgehead atoms. The summed E-state index contributed by atoms with van der Waals surface area (Å²) in [4.78, 5) is 10.9. The van der Waals surface area contributed by atoms with Crippen LogP contribution in [-0.4, -0.2) is 25.2 Å². The Morgan fingerprint density at radius 3 is 2.54 bits per heavy atom. The molecule has 0 aromatic heterocycles. The summed E-state index contributed by atoms with van der Waals surface area (Å²) in [6.45, 7) is 0.827. The monoisotopic (exact) mass is 395 g/mol. The minimum Gasteiger partial charge on any atom is -0.497 e. The number of nitrogens with zero attached hydrogens (tertiary/aromatic N) is 1. The Hall–Kier alpha value is -2.16. The zero-order valence-corrected chi connectivity index (χ0v) is 14.3. The minimum absolute atomic E-state index is 0.113. The highest BCUT2D eigenvalue weighted by atomic mass is 79.9. The normalized spacial score (nSPS) is 14.6. The van der Waals surface area contributed by atoms with Gasteiger partial charge in [-0.25, -0.2) is 0 Å². The van der Waals surface area contributed by atoms with Gasteiger partial charge in [-0.1, -0.05) is 0 Å². The molecular formula is C16H14BrNO6. The van der Waals surface area contributed by atoms with Crippen LogP contribution in [0.4, 0.5) is 5.69 Å². The Kier molecular flexibility index (Phi) is 4.98. The van der Waals surface area contributed by atoms with Gasteiger partial charge in [-0.2, -0.15) is 0 Å². The van der Waals surface area contributed by atoms with Gasteiger partial charge in [0, 0.05) is 6.07 Å². The second kappa shape index (κ2) is 7.16. The zero-order chi connectivity index (χ0) is 17.1. The van der Waals surface area contributed by atoms with Gasteiger partial charge in [0.1, 0.15) is 17.2 Å². The van der Waals surface area contributed by atoms with Crippen LogP contribution in [0.25, 0.3) is 0 Å². The first-order chi connectivity index (χ1) is 11.6. The van der Waals surface area contributed by atoms with Crippen LogP contribution < -0.4 is 9.47 Å². The molecule has 0 amide bonds. The summed E-state index contributed by atoms with van der Waals surface area (Å²) < 4.78 is 22.3. The third-order valence-corrected chi connectivity index (χ3v) is 4.10. The Labute approximate surface area is 146 Å². The molecule has 126 valence electrons. The smallest absolute Gasteiger partial charge is 0.281 e. The number of ether oxygens (including phenoxy) is 4. The molecule has 0 N–H and O–H groups in total. The predicted octanol–water partition coefficient (Wildman–Crippen LogP) is 4.20. The van der Waals surface area contributed by atoms with E-state index in [9.17, 15) is 10.1 Å². The topological polar surface area (TPSA) is 80.1 Å². The Morgan fingerprint density at radius 1 is 1.17 bits per heavy atom. The largest absolute Gasteiger partial charge is 0.497 e. The maximum absolute atomic E-state index is 11.4. The van der Waals surface area contributed by atoms with E-state index in [4.69, 9.17) is 18.9 Å². The number of rotatable bonds is 5. The van der Waals surface area contributed by atoms with Crippen molar-refractivity contribution in [1.29, 1.82) is 0 Å². The molecule has 1 saturated heterocycles. The van der Waals surface area contributed by atoms with Gasteiger partial charge in [0.05, 0.1) is 41.3 Å². The van der Waals surface area contributed by atoms with Crippen LogP contribution in [-0.2, 0) is 9.47 Å². The van der Waals surface area contributed by atoms with E-state index in [1.807, 2.05) is 0 Å². The molecule has 24 heavy (non-hydrogen) atoms. The molecule has 2 aromatic rings. The fraction of sp³-hybridized carbons (Fsp3) is 0.250. The lowest BCUT2D eigenvalue weighted by atomic mass is 10.1. The minimum atomic E-state index is -0.719. The lowest BCUT2D eigenvalue weighted by Crippen LogP contribution is -2.03. The average Bonchev–Trinajstić information content (AvgIpc) is 3.11. The van der Waals surface area contributed by atoms with Crippen molar-refractivity contribution in [1.82, 2.24) is 0 Å². The Balaban J connectivity index is 1.92. The number of halogens is 1. The second-order valence-electron chi connectivity index (χ2n) is 4.95. The van der Waals surface area contributed by atoms with Crippen molar-refractivity contribution in [3.63, 3.8) is 0 Å². The number of methoxy groups -OCH3 is 1. The fourth-order valence-electron chi connectivity index (χ4n) is 2.30. The third kappa shape index (κ3) is 3.50. The van der Waals surface area contributed by atoms with E-state index in [0.717, 1.165) is 0 Å². The van der Waals surface area contributed by atoms with Crippen molar-refractivity contribution in [3.05, 3.63) is 56.5 Å². The molecule has 8 heteroatoms. The van der Waals surface area contributed by atoms with Crippen LogP contribution in [0.1, 0.15) is 11.9 Å². The number of hydrogen-bond donors (Lipinski definition) is 0. The van der Waals surface area contributed by atoms with Gasteiger partial charge in [-0.3, -0.25) is 10.1 Å². The molecule has 1 heterocycles. The summed E-state index contributed by atoms with van der Waals surface area (Å²) >= 11 is 3.38. The maximum Gasteiger partial charge on any atom is 0.281 e. The third-order valence-electron chi connectivity index (χ3n) is 3.44. The molecule has 0 spiro atoms. The van der Waals surface area contributed by atoms with Gasteiger partial charge in [-0.15, -0.1) is 0 Å². The van der Waals surface area contributed by atoms with E-state index < -0.39 is 11.2 Å². The first-order valence-electron chi connectivity index (χ1n) is 7.11. The van der Waals surface area contributed by atoms with Gasteiger partial charge in [0.25, 0.3) is 5.69 Å². The van der Waals surface area contributed by atoms with Crippen LogP contribution >= 0.6 is 15.9 Å². The summed E-state index contributed by atoms with van der Waals surface area (Å²) in [7, 11) is 1.55. The van der Waals surface area contributed by atoms with E-state index in [2.05, 4.69) is 15.9 Å². The first kappa shape index (κ1) is 16.7. The molecule has 0 radical (unpaired) electrons. The van der Waals surface area contributed by atoms with Gasteiger partial charge in [0.2, 0.25) is 0 Å². The standard InChI is InChI=1S/C16H14BrNO6/c1-21-10-3-5-13(17)15(9-10)24-11-2-4-12(14(8-11)18(19)20)16-22-6-7-23-16/h2-5,8-9,16H,6-7H2,1H3. The van der Waals surface area contributed by atoms with E-state index in [0.29, 0.717) is 40.5 Å². The summed E-state index contributed by atoms with van der Waals surface area (Å²) in [5.74, 6) is 1.44. The lowest BCUT2D eigenvalue weighted by molar-refractivity contribution is -0.386. The van der Waals surface area contributed by atoms with Crippen molar-refractivity contribution in [2.24, 2.45) is 0 Å². The molecule has 0 saturated carbocycles. The zero-order valence-electron chi connectivity index (χ0n) is 12.7. The predicted molar refractivity (Wildman–Crippen MR) is 88.5 cm³/mol. The van der Waals surface area contributed by atoms with E-state index in [1.54, 1.807) is 37.4 Å².